The molecule has 1 unspecified atom stereocenters. The Morgan fingerprint density at radius 3 is 2.66 bits per heavy atom. The Morgan fingerprint density at radius 1 is 1.16 bits per heavy atom. The van der Waals surface area contributed by atoms with Crippen LogP contribution in [0.15, 0.2) is 64.6 Å². The van der Waals surface area contributed by atoms with E-state index in [1.807, 2.05) is 37.3 Å². The number of piperidine rings is 1. The number of carbonyl (C=O) groups excluding carboxylic acids is 1. The molecule has 0 bridgehead atoms. The number of alkyl halides is 3. The van der Waals surface area contributed by atoms with E-state index in [-0.39, 0.29) is 18.0 Å². The lowest BCUT2D eigenvalue weighted by Crippen LogP contribution is -2.42. The minimum Gasteiger partial charge on any atom is -0.403 e. The van der Waals surface area contributed by atoms with Crippen molar-refractivity contribution in [2.45, 2.75) is 19.5 Å². The van der Waals surface area contributed by atoms with Crippen LogP contribution in [0.25, 0.3) is 17.5 Å². The summed E-state index contributed by atoms with van der Waals surface area (Å²) in [5, 5.41) is 10.4. The summed E-state index contributed by atoms with van der Waals surface area (Å²) in [6.45, 7) is 2.80. The van der Waals surface area contributed by atoms with E-state index in [2.05, 4.69) is 15.5 Å². The number of urea groups is 1. The number of amides is 2. The first-order valence-electron chi connectivity index (χ1n) is 10.1. The fourth-order valence-corrected chi connectivity index (χ4v) is 3.61. The number of nitrogens with one attached hydrogen (secondary N) is 1. The summed E-state index contributed by atoms with van der Waals surface area (Å²) >= 11 is 0. The maximum Gasteiger partial charge on any atom is 0.416 e. The van der Waals surface area contributed by atoms with Crippen molar-refractivity contribution in [2.75, 3.05) is 18.4 Å². The van der Waals surface area contributed by atoms with Gasteiger partial charge in [0.25, 0.3) is 0 Å². The minimum atomic E-state index is -4.38. The predicted molar refractivity (Wildman–Crippen MR) is 114 cm³/mol. The lowest BCUT2D eigenvalue weighted by atomic mass is 9.91. The number of benzene rings is 2. The van der Waals surface area contributed by atoms with Gasteiger partial charge in [-0.25, -0.2) is 4.79 Å². The average Bonchev–Trinajstić information content (AvgIpc) is 3.24. The minimum absolute atomic E-state index is 0.00631. The summed E-state index contributed by atoms with van der Waals surface area (Å²) in [5.41, 5.74) is 1.57. The van der Waals surface area contributed by atoms with Gasteiger partial charge in [0.05, 0.1) is 5.56 Å². The maximum atomic E-state index is 13.0. The van der Waals surface area contributed by atoms with Gasteiger partial charge < -0.3 is 9.32 Å². The molecule has 1 aliphatic rings. The second-order valence-electron chi connectivity index (χ2n) is 7.65. The van der Waals surface area contributed by atoms with Crippen LogP contribution < -0.4 is 5.32 Å². The number of hydrogen-bond acceptors (Lipinski definition) is 4. The number of halogens is 3. The van der Waals surface area contributed by atoms with E-state index >= 15 is 0 Å². The first-order chi connectivity index (χ1) is 15.3. The fraction of sp³-hybridized carbons (Fsp3) is 0.261. The summed E-state index contributed by atoms with van der Waals surface area (Å²) in [6.07, 6.45) is -2.04. The van der Waals surface area contributed by atoms with E-state index < -0.39 is 11.7 Å². The van der Waals surface area contributed by atoms with Crippen molar-refractivity contribution >= 4 is 18.1 Å². The van der Waals surface area contributed by atoms with Crippen LogP contribution in [0, 0.1) is 5.92 Å². The van der Waals surface area contributed by atoms with Gasteiger partial charge in [-0.05, 0) is 42.2 Å². The predicted octanol–water partition coefficient (Wildman–Crippen LogP) is 5.71. The van der Waals surface area contributed by atoms with E-state index in [1.54, 1.807) is 17.0 Å². The second kappa shape index (κ2) is 8.86. The molecule has 0 spiro atoms. The average molecular weight is 442 g/mol. The molecule has 2 aromatic carbocycles. The van der Waals surface area contributed by atoms with Crippen LogP contribution in [0.1, 0.15) is 24.5 Å². The Labute approximate surface area is 182 Å². The van der Waals surface area contributed by atoms with Crippen molar-refractivity contribution < 1.29 is 22.4 Å². The smallest absolute Gasteiger partial charge is 0.403 e. The molecule has 4 rings (SSSR count). The Hall–Kier alpha value is -3.62. The molecule has 9 heteroatoms. The molecule has 0 radical (unpaired) electrons. The van der Waals surface area contributed by atoms with Crippen molar-refractivity contribution in [1.82, 2.24) is 15.1 Å². The number of hydrogen-bond donors (Lipinski definition) is 1. The van der Waals surface area contributed by atoms with E-state index in [4.69, 9.17) is 4.42 Å². The first-order valence-corrected chi connectivity index (χ1v) is 10.1. The SMILES string of the molecule is CC1CN(C(=O)Nc2nnc(-c3ccccc3)o2)CCC1=Cc1cccc(C(F)(F)F)c1. The summed E-state index contributed by atoms with van der Waals surface area (Å²) in [5.74, 6) is 0.297. The largest absolute Gasteiger partial charge is 0.416 e. The van der Waals surface area contributed by atoms with Crippen LogP contribution in [-0.2, 0) is 6.18 Å². The quantitative estimate of drug-likeness (QED) is 0.564. The van der Waals surface area contributed by atoms with Gasteiger partial charge in [-0.2, -0.15) is 13.2 Å². The van der Waals surface area contributed by atoms with Gasteiger partial charge in [0.1, 0.15) is 0 Å². The molecule has 1 N–H and O–H groups in total. The highest BCUT2D eigenvalue weighted by atomic mass is 19.4. The van der Waals surface area contributed by atoms with Gasteiger partial charge in [-0.15, -0.1) is 5.10 Å². The third kappa shape index (κ3) is 4.99. The van der Waals surface area contributed by atoms with E-state index in [0.717, 1.165) is 23.3 Å². The lowest BCUT2D eigenvalue weighted by molar-refractivity contribution is -0.137. The molecule has 32 heavy (non-hydrogen) atoms. The van der Waals surface area contributed by atoms with Crippen LogP contribution in [0.4, 0.5) is 24.0 Å². The summed E-state index contributed by atoms with van der Waals surface area (Å²) in [7, 11) is 0. The number of carbonyl (C=O) groups is 1. The van der Waals surface area contributed by atoms with Crippen LogP contribution >= 0.6 is 0 Å². The number of aromatic nitrogens is 2. The van der Waals surface area contributed by atoms with E-state index in [1.165, 1.54) is 6.07 Å². The molecule has 0 saturated carbocycles. The molecular weight excluding hydrogens is 421 g/mol. The van der Waals surface area contributed by atoms with E-state index in [0.29, 0.717) is 31.0 Å². The van der Waals surface area contributed by atoms with Crippen molar-refractivity contribution in [3.8, 4) is 11.5 Å². The molecular formula is C23H21F3N4O2. The van der Waals surface area contributed by atoms with Gasteiger partial charge in [0.15, 0.2) is 0 Å². The van der Waals surface area contributed by atoms with Crippen molar-refractivity contribution in [1.29, 1.82) is 0 Å². The van der Waals surface area contributed by atoms with Crippen LogP contribution in [0.3, 0.4) is 0 Å². The molecule has 166 valence electrons. The van der Waals surface area contributed by atoms with Crippen LogP contribution in [0.2, 0.25) is 0 Å². The Kier molecular flexibility index (Phi) is 5.98. The zero-order valence-electron chi connectivity index (χ0n) is 17.3. The maximum absolute atomic E-state index is 13.0. The molecule has 2 heterocycles. The Balaban J connectivity index is 1.39. The number of nitrogens with zero attached hydrogens (tertiary/aromatic N) is 3. The molecule has 1 atom stereocenters. The van der Waals surface area contributed by atoms with Crippen molar-refractivity contribution in [3.63, 3.8) is 0 Å². The van der Waals surface area contributed by atoms with Crippen molar-refractivity contribution in [3.05, 3.63) is 71.3 Å². The highest BCUT2D eigenvalue weighted by Gasteiger charge is 2.30. The summed E-state index contributed by atoms with van der Waals surface area (Å²) < 4.78 is 44.4. The second-order valence-corrected chi connectivity index (χ2v) is 7.65. The van der Waals surface area contributed by atoms with Gasteiger partial charge >= 0.3 is 18.2 Å². The number of rotatable bonds is 3. The molecule has 6 nitrogen and oxygen atoms in total. The van der Waals surface area contributed by atoms with Gasteiger partial charge in [-0.3, -0.25) is 5.32 Å². The number of likely N-dealkylation sites (tertiary alicyclic amines) is 1. The Morgan fingerprint density at radius 2 is 1.94 bits per heavy atom. The zero-order chi connectivity index (χ0) is 22.7. The molecule has 1 aliphatic heterocycles. The monoisotopic (exact) mass is 442 g/mol. The van der Waals surface area contributed by atoms with Crippen LogP contribution in [-0.4, -0.2) is 34.2 Å². The first kappa shape index (κ1) is 21.6. The van der Waals surface area contributed by atoms with Crippen LogP contribution in [0.5, 0.6) is 0 Å². The molecule has 0 aliphatic carbocycles. The van der Waals surface area contributed by atoms with Crippen molar-refractivity contribution in [2.24, 2.45) is 5.92 Å². The Bertz CT molecular complexity index is 1130. The van der Waals surface area contributed by atoms with Gasteiger partial charge in [0.2, 0.25) is 5.89 Å². The third-order valence-electron chi connectivity index (χ3n) is 5.31. The standard InChI is InChI=1S/C23H21F3N4O2/c1-15-14-30(11-10-18(15)12-16-6-5-9-19(13-16)23(24,25)26)22(31)27-21-29-28-20(32-21)17-7-3-2-4-8-17/h2-9,12-13,15H,10-11,14H2,1H3,(H,27,29,31). The normalized spacial score (nSPS) is 18.1. The van der Waals surface area contributed by atoms with E-state index in [9.17, 15) is 18.0 Å². The van der Waals surface area contributed by atoms with Gasteiger partial charge in [-0.1, -0.05) is 54.0 Å². The highest BCUT2D eigenvalue weighted by molar-refractivity contribution is 5.87. The third-order valence-corrected chi connectivity index (χ3v) is 5.31. The summed E-state index contributed by atoms with van der Waals surface area (Å²) in [4.78, 5) is 14.2. The topological polar surface area (TPSA) is 71.3 Å². The molecule has 1 aromatic heterocycles. The number of anilines is 1. The fourth-order valence-electron chi connectivity index (χ4n) is 3.61. The molecule has 2 amide bonds. The molecule has 3 aromatic rings. The van der Waals surface area contributed by atoms with Gasteiger partial charge in [0, 0.05) is 18.7 Å². The molecule has 1 saturated heterocycles. The molecule has 1 fully saturated rings. The lowest BCUT2D eigenvalue weighted by Gasteiger charge is -2.32. The highest BCUT2D eigenvalue weighted by Crippen LogP contribution is 2.31. The zero-order valence-corrected chi connectivity index (χ0v) is 17.3. The summed E-state index contributed by atoms with van der Waals surface area (Å²) in [6, 6.07) is 14.1.